The smallest absolute Gasteiger partial charge is 0.262 e. The molecule has 0 radical (unpaired) electrons. The van der Waals surface area contributed by atoms with Crippen LogP contribution in [-0.2, 0) is 21.9 Å². The van der Waals surface area contributed by atoms with Crippen LogP contribution in [0, 0.1) is 5.82 Å². The zero-order valence-electron chi connectivity index (χ0n) is 18.0. The van der Waals surface area contributed by atoms with Gasteiger partial charge in [0.1, 0.15) is 5.82 Å². The van der Waals surface area contributed by atoms with E-state index in [1.54, 1.807) is 41.9 Å². The monoisotopic (exact) mass is 491 g/mol. The molecule has 1 amide bonds. The summed E-state index contributed by atoms with van der Waals surface area (Å²) in [6.45, 7) is 1.72. The van der Waals surface area contributed by atoms with E-state index in [-0.39, 0.29) is 41.8 Å². The summed E-state index contributed by atoms with van der Waals surface area (Å²) in [5, 5.41) is 6.53. The number of sulfonamides is 1. The molecule has 1 aliphatic rings. The predicted molar refractivity (Wildman–Crippen MR) is 124 cm³/mol. The second-order valence-electron chi connectivity index (χ2n) is 7.98. The largest absolute Gasteiger partial charge is 0.379 e. The molecule has 0 unspecified atom stereocenters. The molecule has 2 heterocycles. The van der Waals surface area contributed by atoms with Crippen molar-refractivity contribution in [2.75, 3.05) is 23.7 Å². The molecule has 8 nitrogen and oxygen atoms in total. The normalized spacial score (nSPS) is 18.9. The number of hydrogen-bond donors (Lipinski definition) is 2. The number of aryl methyl sites for hydroxylation is 1. The Kier molecular flexibility index (Phi) is 6.42. The van der Waals surface area contributed by atoms with Gasteiger partial charge in [-0.2, -0.15) is 4.31 Å². The number of benzene rings is 2. The maximum atomic E-state index is 13.5. The lowest BCUT2D eigenvalue weighted by Gasteiger charge is -2.23. The topological polar surface area (TPSA) is 96.3 Å². The molecule has 2 N–H and O–H groups in total. The molecule has 0 saturated carbocycles. The first-order valence-electron chi connectivity index (χ1n) is 10.2. The lowest BCUT2D eigenvalue weighted by molar-refractivity contribution is -0.114. The average molecular weight is 492 g/mol. The summed E-state index contributed by atoms with van der Waals surface area (Å²) in [6, 6.07) is 10.6. The first-order chi connectivity index (χ1) is 15.6. The van der Waals surface area contributed by atoms with Gasteiger partial charge in [-0.05, 0) is 35.9 Å². The van der Waals surface area contributed by atoms with Crippen molar-refractivity contribution in [3.63, 3.8) is 0 Å². The van der Waals surface area contributed by atoms with E-state index in [2.05, 4.69) is 15.6 Å². The highest BCUT2D eigenvalue weighted by atomic mass is 35.5. The van der Waals surface area contributed by atoms with Crippen molar-refractivity contribution in [3.05, 3.63) is 71.4 Å². The maximum Gasteiger partial charge on any atom is 0.262 e. The number of hydrogen-bond acceptors (Lipinski definition) is 5. The van der Waals surface area contributed by atoms with E-state index in [4.69, 9.17) is 11.6 Å². The third kappa shape index (κ3) is 5.02. The van der Waals surface area contributed by atoms with Crippen LogP contribution in [0.3, 0.4) is 0 Å². The second-order valence-corrected chi connectivity index (χ2v) is 10.3. The number of halogens is 2. The second kappa shape index (κ2) is 9.12. The van der Waals surface area contributed by atoms with Gasteiger partial charge >= 0.3 is 0 Å². The van der Waals surface area contributed by atoms with Gasteiger partial charge in [0.05, 0.1) is 17.7 Å². The third-order valence-electron chi connectivity index (χ3n) is 5.50. The first kappa shape index (κ1) is 23.2. The number of aromatic nitrogens is 2. The molecule has 2 aromatic carbocycles. The molecule has 0 spiro atoms. The van der Waals surface area contributed by atoms with E-state index in [9.17, 15) is 17.6 Å². The zero-order valence-corrected chi connectivity index (χ0v) is 19.6. The summed E-state index contributed by atoms with van der Waals surface area (Å²) in [5.41, 5.74) is 1.87. The van der Waals surface area contributed by atoms with Crippen LogP contribution in [0.4, 0.5) is 15.8 Å². The third-order valence-corrected chi connectivity index (χ3v) is 7.46. The molecular formula is C22H23ClFN5O3S. The van der Waals surface area contributed by atoms with Gasteiger partial charge in [0.15, 0.2) is 5.03 Å². The Morgan fingerprint density at radius 2 is 1.88 bits per heavy atom. The van der Waals surface area contributed by atoms with Gasteiger partial charge in [-0.15, -0.1) is 0 Å². The minimum atomic E-state index is -3.84. The molecule has 2 atom stereocenters. The standard InChI is InChI=1S/C22H23ClFN5O3S/c1-14(30)26-19-8-5-16(23)9-20(19)27-21-11-29(33(31,32)22-12-28(2)13-25-22)10-18(21)15-3-6-17(24)7-4-15/h3-9,12-13,18,21,27H,10-11H2,1-2H3,(H,26,30)/t18-,21+/m1/s1. The van der Waals surface area contributed by atoms with Crippen LogP contribution in [0.15, 0.2) is 60.0 Å². The quantitative estimate of drug-likeness (QED) is 0.550. The van der Waals surface area contributed by atoms with E-state index in [1.165, 1.54) is 35.9 Å². The van der Waals surface area contributed by atoms with Gasteiger partial charge in [-0.1, -0.05) is 23.7 Å². The SMILES string of the molecule is CC(=O)Nc1ccc(Cl)cc1N[C@H]1CN(S(=O)(=O)c2cn(C)cn2)C[C@@H]1c1ccc(F)cc1. The molecule has 174 valence electrons. The van der Waals surface area contributed by atoms with Gasteiger partial charge in [-0.25, -0.2) is 17.8 Å². The van der Waals surface area contributed by atoms with Crippen molar-refractivity contribution < 1.29 is 17.6 Å². The number of carbonyl (C=O) groups excluding carboxylic acids is 1. The molecule has 3 aromatic rings. The van der Waals surface area contributed by atoms with E-state index in [0.717, 1.165) is 5.56 Å². The molecule has 1 aromatic heterocycles. The van der Waals surface area contributed by atoms with E-state index in [1.807, 2.05) is 0 Å². The van der Waals surface area contributed by atoms with Gasteiger partial charge < -0.3 is 15.2 Å². The molecule has 0 aliphatic carbocycles. The van der Waals surface area contributed by atoms with Crippen molar-refractivity contribution in [1.29, 1.82) is 0 Å². The van der Waals surface area contributed by atoms with Crippen LogP contribution in [0.2, 0.25) is 5.02 Å². The highest BCUT2D eigenvalue weighted by molar-refractivity contribution is 7.89. The minimum absolute atomic E-state index is 0.0369. The van der Waals surface area contributed by atoms with Crippen LogP contribution in [0.5, 0.6) is 0 Å². The number of nitrogens with zero attached hydrogens (tertiary/aromatic N) is 3. The van der Waals surface area contributed by atoms with Crippen LogP contribution < -0.4 is 10.6 Å². The lowest BCUT2D eigenvalue weighted by atomic mass is 9.94. The highest BCUT2D eigenvalue weighted by Gasteiger charge is 2.41. The fraction of sp³-hybridized carbons (Fsp3) is 0.273. The number of carbonyl (C=O) groups is 1. The Morgan fingerprint density at radius 3 is 2.52 bits per heavy atom. The Hall–Kier alpha value is -2.95. The molecule has 0 bridgehead atoms. The van der Waals surface area contributed by atoms with Crippen molar-refractivity contribution in [3.8, 4) is 0 Å². The predicted octanol–water partition coefficient (Wildman–Crippen LogP) is 3.44. The summed E-state index contributed by atoms with van der Waals surface area (Å²) >= 11 is 6.18. The molecular weight excluding hydrogens is 469 g/mol. The van der Waals surface area contributed by atoms with E-state index < -0.39 is 10.0 Å². The summed E-state index contributed by atoms with van der Waals surface area (Å²) < 4.78 is 42.9. The maximum absolute atomic E-state index is 13.5. The van der Waals surface area contributed by atoms with Gasteiger partial charge in [0.2, 0.25) is 5.91 Å². The molecule has 1 saturated heterocycles. The highest BCUT2D eigenvalue weighted by Crippen LogP contribution is 2.35. The molecule has 33 heavy (non-hydrogen) atoms. The summed E-state index contributed by atoms with van der Waals surface area (Å²) in [5.74, 6) is -0.906. The van der Waals surface area contributed by atoms with Crippen molar-refractivity contribution in [2.24, 2.45) is 7.05 Å². The fourth-order valence-electron chi connectivity index (χ4n) is 3.95. The minimum Gasteiger partial charge on any atom is -0.379 e. The van der Waals surface area contributed by atoms with Crippen LogP contribution in [0.25, 0.3) is 0 Å². The Balaban J connectivity index is 1.69. The number of imidazole rings is 1. The van der Waals surface area contributed by atoms with Gasteiger partial charge in [0.25, 0.3) is 10.0 Å². The summed E-state index contributed by atoms with van der Waals surface area (Å²) in [4.78, 5) is 15.7. The number of rotatable bonds is 6. The molecule has 4 rings (SSSR count). The Morgan fingerprint density at radius 1 is 1.15 bits per heavy atom. The van der Waals surface area contributed by atoms with Gasteiger partial charge in [0, 0.05) is 50.2 Å². The van der Waals surface area contributed by atoms with Crippen LogP contribution in [-0.4, -0.2) is 47.3 Å². The van der Waals surface area contributed by atoms with Crippen molar-refractivity contribution >= 4 is 38.9 Å². The van der Waals surface area contributed by atoms with Crippen molar-refractivity contribution in [2.45, 2.75) is 23.9 Å². The van der Waals surface area contributed by atoms with Crippen LogP contribution >= 0.6 is 11.6 Å². The summed E-state index contributed by atoms with van der Waals surface area (Å²) in [7, 11) is -2.14. The Bertz CT molecular complexity index is 1280. The number of anilines is 2. The van der Waals surface area contributed by atoms with E-state index >= 15 is 0 Å². The zero-order chi connectivity index (χ0) is 23.8. The van der Waals surface area contributed by atoms with Gasteiger partial charge in [-0.3, -0.25) is 4.79 Å². The lowest BCUT2D eigenvalue weighted by Crippen LogP contribution is -2.32. The summed E-state index contributed by atoms with van der Waals surface area (Å²) in [6.07, 6.45) is 2.89. The van der Waals surface area contributed by atoms with Crippen LogP contribution in [0.1, 0.15) is 18.4 Å². The Labute approximate surface area is 196 Å². The number of nitrogens with one attached hydrogen (secondary N) is 2. The fourth-order valence-corrected chi connectivity index (χ4v) is 5.58. The first-order valence-corrected chi connectivity index (χ1v) is 12.0. The molecule has 11 heteroatoms. The number of amides is 1. The molecule has 1 fully saturated rings. The van der Waals surface area contributed by atoms with E-state index in [0.29, 0.717) is 16.4 Å². The van der Waals surface area contributed by atoms with Crippen molar-refractivity contribution in [1.82, 2.24) is 13.9 Å². The average Bonchev–Trinajstić information content (AvgIpc) is 3.38. The molecule has 1 aliphatic heterocycles.